The van der Waals surface area contributed by atoms with Crippen molar-refractivity contribution >= 4 is 33.2 Å². The van der Waals surface area contributed by atoms with Gasteiger partial charge in [-0.3, -0.25) is 4.79 Å². The summed E-state index contributed by atoms with van der Waals surface area (Å²) in [7, 11) is 1.82. The molecule has 0 saturated heterocycles. The number of hydrogen-bond donors (Lipinski definition) is 1. The molecule has 1 aliphatic carbocycles. The Balaban J connectivity index is 1.89. The quantitative estimate of drug-likeness (QED) is 0.931. The molecular weight excluding hydrogens is 290 g/mol. The van der Waals surface area contributed by atoms with Gasteiger partial charge in [-0.25, -0.2) is 0 Å². The zero-order valence-corrected chi connectivity index (χ0v) is 11.4. The van der Waals surface area contributed by atoms with E-state index in [2.05, 4.69) is 15.9 Å². The Morgan fingerprint density at radius 1 is 1.69 bits per heavy atom. The summed E-state index contributed by atoms with van der Waals surface area (Å²) in [6.07, 6.45) is 1.50. The van der Waals surface area contributed by atoms with Crippen molar-refractivity contribution in [2.24, 2.45) is 5.92 Å². The van der Waals surface area contributed by atoms with Crippen molar-refractivity contribution in [2.75, 3.05) is 13.6 Å². The van der Waals surface area contributed by atoms with Gasteiger partial charge in [0.1, 0.15) is 0 Å². The van der Waals surface area contributed by atoms with Crippen molar-refractivity contribution in [3.63, 3.8) is 0 Å². The first-order valence-corrected chi connectivity index (χ1v) is 6.91. The van der Waals surface area contributed by atoms with Crippen LogP contribution >= 0.6 is 27.3 Å². The highest BCUT2D eigenvalue weighted by molar-refractivity contribution is 9.11. The fourth-order valence-electron chi connectivity index (χ4n) is 1.96. The fourth-order valence-corrected chi connectivity index (χ4v) is 3.09. The van der Waals surface area contributed by atoms with Crippen LogP contribution in [-0.4, -0.2) is 35.6 Å². The van der Waals surface area contributed by atoms with E-state index in [0.717, 1.165) is 28.7 Å². The number of carbonyl (C=O) groups excluding carboxylic acids is 1. The summed E-state index contributed by atoms with van der Waals surface area (Å²) in [5.41, 5.74) is 0.735. The van der Waals surface area contributed by atoms with Crippen molar-refractivity contribution in [3.05, 3.63) is 20.8 Å². The Hall–Kier alpha value is -0.390. The van der Waals surface area contributed by atoms with Crippen molar-refractivity contribution in [2.45, 2.75) is 18.9 Å². The van der Waals surface area contributed by atoms with E-state index in [4.69, 9.17) is 0 Å². The van der Waals surface area contributed by atoms with E-state index in [1.54, 1.807) is 4.90 Å². The summed E-state index contributed by atoms with van der Waals surface area (Å²) < 4.78 is 0.975. The van der Waals surface area contributed by atoms with Gasteiger partial charge >= 0.3 is 0 Å². The molecule has 1 heterocycles. The summed E-state index contributed by atoms with van der Waals surface area (Å²) in [6.45, 7) is 0.739. The third kappa shape index (κ3) is 2.64. The number of aliphatic hydroxyl groups excluding tert-OH is 1. The molecule has 0 aliphatic heterocycles. The Labute approximate surface area is 107 Å². The van der Waals surface area contributed by atoms with Gasteiger partial charge in [0.25, 0.3) is 5.91 Å². The maximum absolute atomic E-state index is 12.0. The SMILES string of the molecule is CN(CC1CC(O)C1)C(=O)c1csc(Br)c1. The second-order valence-electron chi connectivity index (χ2n) is 4.32. The van der Waals surface area contributed by atoms with Crippen LogP contribution in [0, 0.1) is 5.92 Å². The Bertz CT molecular complexity index is 387. The third-order valence-corrected chi connectivity index (χ3v) is 4.41. The summed E-state index contributed by atoms with van der Waals surface area (Å²) in [5.74, 6) is 0.523. The van der Waals surface area contributed by atoms with Crippen LogP contribution in [0.1, 0.15) is 23.2 Å². The van der Waals surface area contributed by atoms with E-state index in [-0.39, 0.29) is 12.0 Å². The number of aliphatic hydroxyl groups is 1. The molecule has 1 aromatic heterocycles. The molecule has 1 amide bonds. The van der Waals surface area contributed by atoms with E-state index in [0.29, 0.717) is 5.92 Å². The lowest BCUT2D eigenvalue weighted by atomic mass is 9.82. The Kier molecular flexibility index (Phi) is 3.66. The molecule has 88 valence electrons. The maximum Gasteiger partial charge on any atom is 0.254 e. The summed E-state index contributed by atoms with van der Waals surface area (Å²) in [4.78, 5) is 13.7. The smallest absolute Gasteiger partial charge is 0.254 e. The molecule has 1 aromatic rings. The molecule has 0 aromatic carbocycles. The van der Waals surface area contributed by atoms with Crippen LogP contribution in [0.25, 0.3) is 0 Å². The molecule has 0 unspecified atom stereocenters. The van der Waals surface area contributed by atoms with Crippen LogP contribution in [0.4, 0.5) is 0 Å². The van der Waals surface area contributed by atoms with E-state index < -0.39 is 0 Å². The zero-order chi connectivity index (χ0) is 11.7. The minimum atomic E-state index is -0.149. The molecule has 0 radical (unpaired) electrons. The molecule has 0 bridgehead atoms. The minimum absolute atomic E-state index is 0.0586. The third-order valence-electron chi connectivity index (χ3n) is 2.90. The number of halogens is 1. The first-order chi connectivity index (χ1) is 7.56. The molecule has 0 spiro atoms. The van der Waals surface area contributed by atoms with Gasteiger partial charge in [-0.05, 0) is 40.8 Å². The average molecular weight is 304 g/mol. The van der Waals surface area contributed by atoms with E-state index in [9.17, 15) is 9.90 Å². The van der Waals surface area contributed by atoms with E-state index >= 15 is 0 Å². The standard InChI is InChI=1S/C11H14BrNO2S/c1-13(5-7-2-9(14)3-7)11(15)8-4-10(12)16-6-8/h4,6-7,9,14H,2-3,5H2,1H3. The van der Waals surface area contributed by atoms with Crippen molar-refractivity contribution in [1.82, 2.24) is 4.90 Å². The van der Waals surface area contributed by atoms with Crippen LogP contribution in [-0.2, 0) is 0 Å². The molecule has 1 fully saturated rings. The number of hydrogen-bond acceptors (Lipinski definition) is 3. The van der Waals surface area contributed by atoms with Crippen molar-refractivity contribution in [1.29, 1.82) is 0 Å². The highest BCUT2D eigenvalue weighted by atomic mass is 79.9. The average Bonchev–Trinajstić information content (AvgIpc) is 2.61. The normalized spacial score (nSPS) is 23.9. The Morgan fingerprint density at radius 3 is 2.88 bits per heavy atom. The number of amides is 1. The van der Waals surface area contributed by atoms with Crippen LogP contribution < -0.4 is 0 Å². The van der Waals surface area contributed by atoms with Crippen LogP contribution in [0.3, 0.4) is 0 Å². The zero-order valence-electron chi connectivity index (χ0n) is 9.02. The second kappa shape index (κ2) is 4.85. The highest BCUT2D eigenvalue weighted by Crippen LogP contribution is 2.28. The molecule has 16 heavy (non-hydrogen) atoms. The lowest BCUT2D eigenvalue weighted by molar-refractivity contribution is 0.0265. The lowest BCUT2D eigenvalue weighted by Crippen LogP contribution is -2.39. The van der Waals surface area contributed by atoms with Gasteiger partial charge in [0.2, 0.25) is 0 Å². The number of carbonyl (C=O) groups is 1. The van der Waals surface area contributed by atoms with E-state index in [1.807, 2.05) is 18.5 Å². The molecule has 2 rings (SSSR count). The molecule has 0 atom stereocenters. The van der Waals surface area contributed by atoms with Crippen LogP contribution in [0.15, 0.2) is 15.2 Å². The largest absolute Gasteiger partial charge is 0.393 e. The summed E-state index contributed by atoms with van der Waals surface area (Å²) in [5, 5.41) is 11.0. The molecular formula is C11H14BrNO2S. The number of thiophene rings is 1. The van der Waals surface area contributed by atoms with Gasteiger partial charge in [-0.2, -0.15) is 0 Å². The molecule has 3 nitrogen and oxygen atoms in total. The monoisotopic (exact) mass is 303 g/mol. The predicted octanol–water partition coefficient (Wildman–Crippen LogP) is 2.35. The van der Waals surface area contributed by atoms with Gasteiger partial charge in [0, 0.05) is 19.0 Å². The van der Waals surface area contributed by atoms with Crippen molar-refractivity contribution in [3.8, 4) is 0 Å². The lowest BCUT2D eigenvalue weighted by Gasteiger charge is -2.34. The van der Waals surface area contributed by atoms with Gasteiger partial charge < -0.3 is 10.0 Å². The van der Waals surface area contributed by atoms with Crippen molar-refractivity contribution < 1.29 is 9.90 Å². The molecule has 1 N–H and O–H groups in total. The number of nitrogens with zero attached hydrogens (tertiary/aromatic N) is 1. The maximum atomic E-state index is 12.0. The first kappa shape index (κ1) is 12.1. The highest BCUT2D eigenvalue weighted by Gasteiger charge is 2.29. The summed E-state index contributed by atoms with van der Waals surface area (Å²) in [6, 6.07) is 1.85. The van der Waals surface area contributed by atoms with Gasteiger partial charge in [0.15, 0.2) is 0 Å². The second-order valence-corrected chi connectivity index (χ2v) is 6.61. The number of rotatable bonds is 3. The predicted molar refractivity (Wildman–Crippen MR) is 67.7 cm³/mol. The van der Waals surface area contributed by atoms with Gasteiger partial charge in [-0.1, -0.05) is 0 Å². The van der Waals surface area contributed by atoms with E-state index in [1.165, 1.54) is 11.3 Å². The topological polar surface area (TPSA) is 40.5 Å². The fraction of sp³-hybridized carbons (Fsp3) is 0.545. The first-order valence-electron chi connectivity index (χ1n) is 5.24. The van der Waals surface area contributed by atoms with Crippen LogP contribution in [0.2, 0.25) is 0 Å². The minimum Gasteiger partial charge on any atom is -0.393 e. The Morgan fingerprint density at radius 2 is 2.38 bits per heavy atom. The van der Waals surface area contributed by atoms with Gasteiger partial charge in [-0.15, -0.1) is 11.3 Å². The summed E-state index contributed by atoms with van der Waals surface area (Å²) >= 11 is 4.87. The molecule has 1 aliphatic rings. The van der Waals surface area contributed by atoms with Crippen LogP contribution in [0.5, 0.6) is 0 Å². The molecule has 5 heteroatoms. The van der Waals surface area contributed by atoms with Gasteiger partial charge in [0.05, 0.1) is 15.5 Å². The molecule has 1 saturated carbocycles.